The predicted octanol–water partition coefficient (Wildman–Crippen LogP) is 7.59. The predicted molar refractivity (Wildman–Crippen MR) is 191 cm³/mol. The van der Waals surface area contributed by atoms with Crippen LogP contribution < -0.4 is 9.47 Å². The monoisotopic (exact) mass is 704 g/mol. The lowest BCUT2D eigenvalue weighted by Gasteiger charge is -2.29. The Morgan fingerprint density at radius 2 is 1.04 bits per heavy atom. The minimum absolute atomic E-state index is 0.171. The Bertz CT molecular complexity index is 1640. The molecule has 0 aliphatic rings. The van der Waals surface area contributed by atoms with E-state index in [1.807, 2.05) is 98.8 Å². The Labute approximate surface area is 296 Å². The van der Waals surface area contributed by atoms with Crippen LogP contribution in [-0.2, 0) is 24.5 Å². The van der Waals surface area contributed by atoms with Crippen LogP contribution in [0.2, 0.25) is 10.0 Å². The highest BCUT2D eigenvalue weighted by atomic mass is 35.5. The van der Waals surface area contributed by atoms with Crippen LogP contribution in [0.1, 0.15) is 25.0 Å². The summed E-state index contributed by atoms with van der Waals surface area (Å²) in [5.41, 5.74) is 4.13. The molecule has 0 saturated heterocycles. The van der Waals surface area contributed by atoms with Gasteiger partial charge < -0.3 is 29.2 Å². The largest absolute Gasteiger partial charge is 0.489 e. The van der Waals surface area contributed by atoms with Crippen molar-refractivity contribution >= 4 is 35.1 Å². The lowest BCUT2D eigenvalue weighted by Crippen LogP contribution is -2.25. The molecule has 0 fully saturated rings. The Hall–Kier alpha value is -4.60. The smallest absolute Gasteiger partial charge is 0.330 e. The molecular weight excluding hydrogens is 667 g/mol. The first-order valence-corrected chi connectivity index (χ1v) is 16.2. The first kappa shape index (κ1) is 37.2. The van der Waals surface area contributed by atoms with Gasteiger partial charge in [-0.3, -0.25) is 0 Å². The van der Waals surface area contributed by atoms with Crippen molar-refractivity contribution in [1.29, 1.82) is 0 Å². The number of benzene rings is 4. The topological polar surface area (TPSA) is 112 Å². The van der Waals surface area contributed by atoms with Crippen molar-refractivity contribution in [3.8, 4) is 33.8 Å². The quantitative estimate of drug-likeness (QED) is 0.0907. The van der Waals surface area contributed by atoms with Crippen LogP contribution in [-0.4, -0.2) is 60.8 Å². The maximum atomic E-state index is 11.4. The average Bonchev–Trinajstić information content (AvgIpc) is 3.11. The second kappa shape index (κ2) is 17.2. The molecule has 0 aliphatic carbocycles. The number of aliphatic hydroxyl groups excluding tert-OH is 2. The third-order valence-corrected chi connectivity index (χ3v) is 8.27. The van der Waals surface area contributed by atoms with Crippen molar-refractivity contribution in [2.75, 3.05) is 26.4 Å². The fourth-order valence-electron chi connectivity index (χ4n) is 4.96. The van der Waals surface area contributed by atoms with E-state index in [1.54, 1.807) is 0 Å². The van der Waals surface area contributed by atoms with E-state index in [0.29, 0.717) is 32.7 Å². The highest BCUT2D eigenvalue weighted by molar-refractivity contribution is 6.33. The van der Waals surface area contributed by atoms with Crippen molar-refractivity contribution in [2.45, 2.75) is 31.5 Å². The van der Waals surface area contributed by atoms with Gasteiger partial charge in [-0.15, -0.1) is 0 Å². The fraction of sp³-hybridized carbons (Fsp3) is 0.231. The summed E-state index contributed by atoms with van der Waals surface area (Å²) >= 11 is 13.8. The van der Waals surface area contributed by atoms with Gasteiger partial charge in [-0.2, -0.15) is 0 Å². The standard InChI is InChI=1S/C39H38Cl2O8/c1-5-35(44)46-21-29(42)23-48-37-31(25-13-9-7-10-14-25)17-27(19-33(37)40)39(3,4)28-18-32(26-15-11-8-12-16-26)38(34(41)20-28)49-24-30(43)22-47-36(45)6-2/h5-20,29-30,42-43H,1-2,21-24H2,3-4H3. The minimum Gasteiger partial charge on any atom is -0.489 e. The number of halogens is 2. The molecule has 49 heavy (non-hydrogen) atoms. The Kier molecular flexibility index (Phi) is 13.0. The number of carbonyl (C=O) groups is 2. The first-order chi connectivity index (χ1) is 23.4. The fourth-order valence-corrected chi connectivity index (χ4v) is 5.51. The molecule has 0 spiro atoms. The van der Waals surface area contributed by atoms with E-state index in [2.05, 4.69) is 13.2 Å². The van der Waals surface area contributed by atoms with E-state index in [9.17, 15) is 19.8 Å². The molecule has 0 radical (unpaired) electrons. The summed E-state index contributed by atoms with van der Waals surface area (Å²) in [6.45, 7) is 9.93. The van der Waals surface area contributed by atoms with E-state index in [1.165, 1.54) is 0 Å². The van der Waals surface area contributed by atoms with Gasteiger partial charge in [0.25, 0.3) is 0 Å². The van der Waals surface area contributed by atoms with Gasteiger partial charge in [-0.1, -0.05) is 111 Å². The Balaban J connectivity index is 1.72. The summed E-state index contributed by atoms with van der Waals surface area (Å²) in [5, 5.41) is 21.4. The molecule has 0 saturated carbocycles. The van der Waals surface area contributed by atoms with Crippen LogP contribution in [0.15, 0.2) is 110 Å². The lowest BCUT2D eigenvalue weighted by molar-refractivity contribution is -0.142. The van der Waals surface area contributed by atoms with Crippen LogP contribution in [0, 0.1) is 0 Å². The number of hydrogen-bond acceptors (Lipinski definition) is 8. The second-order valence-corrected chi connectivity index (χ2v) is 12.4. The summed E-state index contributed by atoms with van der Waals surface area (Å²) in [7, 11) is 0. The molecule has 2 N–H and O–H groups in total. The van der Waals surface area contributed by atoms with Gasteiger partial charge in [0.15, 0.2) is 0 Å². The number of rotatable bonds is 16. The molecule has 8 nitrogen and oxygen atoms in total. The molecule has 4 rings (SSSR count). The first-order valence-electron chi connectivity index (χ1n) is 15.4. The van der Waals surface area contributed by atoms with Gasteiger partial charge in [0.1, 0.15) is 50.1 Å². The molecule has 2 atom stereocenters. The molecule has 2 unspecified atom stereocenters. The summed E-state index contributed by atoms with van der Waals surface area (Å²) in [6.07, 6.45) is -0.151. The number of ether oxygens (including phenoxy) is 4. The third-order valence-electron chi connectivity index (χ3n) is 7.71. The van der Waals surface area contributed by atoms with E-state index < -0.39 is 29.6 Å². The van der Waals surface area contributed by atoms with E-state index in [-0.39, 0.29) is 26.4 Å². The zero-order chi connectivity index (χ0) is 35.6. The van der Waals surface area contributed by atoms with Crippen LogP contribution in [0.4, 0.5) is 0 Å². The van der Waals surface area contributed by atoms with Gasteiger partial charge in [-0.25, -0.2) is 9.59 Å². The van der Waals surface area contributed by atoms with Crippen molar-refractivity contribution in [3.05, 3.63) is 131 Å². The van der Waals surface area contributed by atoms with Gasteiger partial charge in [-0.05, 0) is 46.5 Å². The molecule has 0 bridgehead atoms. The maximum absolute atomic E-state index is 11.4. The molecule has 0 heterocycles. The van der Waals surface area contributed by atoms with Crippen LogP contribution in [0.5, 0.6) is 11.5 Å². The number of aliphatic hydroxyl groups is 2. The molecule has 4 aromatic carbocycles. The molecule has 0 aromatic heterocycles. The summed E-state index contributed by atoms with van der Waals surface area (Å²) < 4.78 is 21.9. The molecular formula is C39H38Cl2O8. The van der Waals surface area contributed by atoms with Gasteiger partial charge in [0.2, 0.25) is 0 Å². The number of hydrogen-bond donors (Lipinski definition) is 2. The van der Waals surface area contributed by atoms with Gasteiger partial charge >= 0.3 is 11.9 Å². The van der Waals surface area contributed by atoms with Crippen molar-refractivity contribution in [3.63, 3.8) is 0 Å². The summed E-state index contributed by atoms with van der Waals surface area (Å²) in [5.74, 6) is -0.558. The summed E-state index contributed by atoms with van der Waals surface area (Å²) in [4.78, 5) is 22.9. The highest BCUT2D eigenvalue weighted by Crippen LogP contribution is 2.46. The van der Waals surface area contributed by atoms with Crippen molar-refractivity contribution in [2.24, 2.45) is 0 Å². The minimum atomic E-state index is -1.10. The Morgan fingerprint density at radius 1 is 0.673 bits per heavy atom. The van der Waals surface area contributed by atoms with Gasteiger partial charge in [0.05, 0.1) is 10.0 Å². The zero-order valence-electron chi connectivity index (χ0n) is 27.2. The molecule has 256 valence electrons. The average molecular weight is 706 g/mol. The van der Waals surface area contributed by atoms with Crippen LogP contribution in [0.25, 0.3) is 22.3 Å². The Morgan fingerprint density at radius 3 is 1.39 bits per heavy atom. The number of esters is 2. The maximum Gasteiger partial charge on any atom is 0.330 e. The SMILES string of the molecule is C=CC(=O)OCC(O)COc1c(Cl)cc(C(C)(C)c2cc(Cl)c(OCC(O)COC(=O)C=C)c(-c3ccccc3)c2)cc1-c1ccccc1. The molecule has 4 aromatic rings. The van der Waals surface area contributed by atoms with E-state index >= 15 is 0 Å². The molecule has 0 amide bonds. The zero-order valence-corrected chi connectivity index (χ0v) is 28.7. The van der Waals surface area contributed by atoms with Crippen LogP contribution in [0.3, 0.4) is 0 Å². The normalized spacial score (nSPS) is 12.4. The van der Waals surface area contributed by atoms with Crippen LogP contribution >= 0.6 is 23.2 Å². The van der Waals surface area contributed by atoms with Crippen molar-refractivity contribution < 1.29 is 38.7 Å². The number of carbonyl (C=O) groups excluding carboxylic acids is 2. The van der Waals surface area contributed by atoms with Crippen molar-refractivity contribution in [1.82, 2.24) is 0 Å². The second-order valence-electron chi connectivity index (χ2n) is 11.6. The third kappa shape index (κ3) is 9.74. The molecule has 10 heteroatoms. The molecule has 0 aliphatic heterocycles. The highest BCUT2D eigenvalue weighted by Gasteiger charge is 2.29. The van der Waals surface area contributed by atoms with Gasteiger partial charge in [0, 0.05) is 28.7 Å². The van der Waals surface area contributed by atoms with E-state index in [0.717, 1.165) is 34.4 Å². The summed E-state index contributed by atoms with van der Waals surface area (Å²) in [6, 6.07) is 26.7. The lowest BCUT2D eigenvalue weighted by atomic mass is 9.76. The van der Waals surface area contributed by atoms with E-state index in [4.69, 9.17) is 42.1 Å².